The normalized spacial score (nSPS) is 22.6. The second-order valence-electron chi connectivity index (χ2n) is 7.71. The van der Waals surface area contributed by atoms with E-state index in [9.17, 15) is 13.9 Å². The lowest BCUT2D eigenvalue weighted by molar-refractivity contribution is -0.0361. The Morgan fingerprint density at radius 1 is 1.31 bits per heavy atom. The molecule has 0 radical (unpaired) electrons. The Bertz CT molecular complexity index is 836. The minimum atomic E-state index is -2.57. The van der Waals surface area contributed by atoms with Crippen molar-refractivity contribution in [2.75, 3.05) is 36.5 Å². The first-order valence-electron chi connectivity index (χ1n) is 9.95. The molecule has 1 aliphatic carbocycles. The largest absolute Gasteiger partial charge is 0.394 e. The van der Waals surface area contributed by atoms with Gasteiger partial charge in [-0.3, -0.25) is 0 Å². The standard InChI is InChI=1S/C19H26F2N6O2/c1-13-4-7-27(25-13)18-23-16(22-14-2-5-19(20,21)6-3-14)10-17(24-18)26-8-9-29-15(11-26)12-28/h4,7,10,14-15,28H,2-3,5-6,8-9,11-12H2,1H3,(H,22,23,24). The van der Waals surface area contributed by atoms with Crippen LogP contribution in [0.3, 0.4) is 0 Å². The number of anilines is 2. The molecular formula is C19H26F2N6O2. The first kappa shape index (κ1) is 20.0. The number of rotatable bonds is 5. The molecule has 0 aromatic carbocycles. The maximum absolute atomic E-state index is 13.5. The van der Waals surface area contributed by atoms with Crippen molar-refractivity contribution in [2.24, 2.45) is 0 Å². The van der Waals surface area contributed by atoms with Crippen molar-refractivity contribution in [1.29, 1.82) is 0 Å². The van der Waals surface area contributed by atoms with Gasteiger partial charge in [0.05, 0.1) is 25.0 Å². The summed E-state index contributed by atoms with van der Waals surface area (Å²) in [5.41, 5.74) is 0.842. The number of ether oxygens (including phenoxy) is 1. The van der Waals surface area contributed by atoms with Gasteiger partial charge in [-0.15, -0.1) is 0 Å². The van der Waals surface area contributed by atoms with Crippen LogP contribution in [-0.4, -0.2) is 69.2 Å². The van der Waals surface area contributed by atoms with E-state index in [0.29, 0.717) is 50.1 Å². The average molecular weight is 408 g/mol. The van der Waals surface area contributed by atoms with Gasteiger partial charge >= 0.3 is 0 Å². The van der Waals surface area contributed by atoms with Gasteiger partial charge in [-0.05, 0) is 25.8 Å². The van der Waals surface area contributed by atoms with E-state index in [1.807, 2.05) is 24.0 Å². The summed E-state index contributed by atoms with van der Waals surface area (Å²) in [5.74, 6) is -0.889. The van der Waals surface area contributed by atoms with Gasteiger partial charge in [0.15, 0.2) is 0 Å². The topological polar surface area (TPSA) is 88.3 Å². The van der Waals surface area contributed by atoms with Crippen LogP contribution in [-0.2, 0) is 4.74 Å². The van der Waals surface area contributed by atoms with E-state index >= 15 is 0 Å². The summed E-state index contributed by atoms with van der Waals surface area (Å²) in [6.45, 7) is 3.47. The monoisotopic (exact) mass is 408 g/mol. The first-order chi connectivity index (χ1) is 13.9. The molecule has 10 heteroatoms. The van der Waals surface area contributed by atoms with E-state index < -0.39 is 5.92 Å². The summed E-state index contributed by atoms with van der Waals surface area (Å²) in [6.07, 6.45) is 2.07. The number of halogens is 2. The Balaban J connectivity index is 1.60. The fourth-order valence-electron chi connectivity index (χ4n) is 3.72. The SMILES string of the molecule is Cc1ccn(-c2nc(NC3CCC(F)(F)CC3)cc(N3CCOC(CO)C3)n2)n1. The van der Waals surface area contributed by atoms with Crippen LogP contribution in [0.15, 0.2) is 18.3 Å². The van der Waals surface area contributed by atoms with Gasteiger partial charge in [-0.2, -0.15) is 15.1 Å². The molecule has 2 fully saturated rings. The number of nitrogens with one attached hydrogen (secondary N) is 1. The molecule has 2 aliphatic rings. The molecule has 2 aromatic heterocycles. The lowest BCUT2D eigenvalue weighted by Gasteiger charge is -2.33. The Morgan fingerprint density at radius 3 is 2.79 bits per heavy atom. The molecule has 158 valence electrons. The first-order valence-corrected chi connectivity index (χ1v) is 9.95. The van der Waals surface area contributed by atoms with Gasteiger partial charge in [0.1, 0.15) is 11.6 Å². The number of morpholine rings is 1. The van der Waals surface area contributed by atoms with Crippen LogP contribution in [0.1, 0.15) is 31.4 Å². The summed E-state index contributed by atoms with van der Waals surface area (Å²) in [6, 6.07) is 3.63. The molecule has 1 unspecified atom stereocenters. The summed E-state index contributed by atoms with van der Waals surface area (Å²) in [7, 11) is 0. The molecular weight excluding hydrogens is 382 g/mol. The van der Waals surface area contributed by atoms with Crippen LogP contribution in [0, 0.1) is 6.92 Å². The molecule has 4 rings (SSSR count). The maximum atomic E-state index is 13.5. The van der Waals surface area contributed by atoms with Crippen LogP contribution in [0.2, 0.25) is 0 Å². The third-order valence-electron chi connectivity index (χ3n) is 5.36. The van der Waals surface area contributed by atoms with Gasteiger partial charge in [0, 0.05) is 44.2 Å². The van der Waals surface area contributed by atoms with Gasteiger partial charge in [0.25, 0.3) is 5.95 Å². The molecule has 8 nitrogen and oxygen atoms in total. The Morgan fingerprint density at radius 2 is 2.10 bits per heavy atom. The second-order valence-corrected chi connectivity index (χ2v) is 7.71. The molecule has 0 spiro atoms. The smallest absolute Gasteiger partial charge is 0.254 e. The number of nitrogens with zero attached hydrogens (tertiary/aromatic N) is 5. The molecule has 1 saturated carbocycles. The number of aliphatic hydroxyl groups excluding tert-OH is 1. The lowest BCUT2D eigenvalue weighted by Crippen LogP contribution is -2.44. The van der Waals surface area contributed by atoms with Crippen LogP contribution >= 0.6 is 0 Å². The number of aryl methyl sites for hydroxylation is 1. The van der Waals surface area contributed by atoms with Crippen molar-refractivity contribution in [3.63, 3.8) is 0 Å². The van der Waals surface area contributed by atoms with Gasteiger partial charge < -0.3 is 20.1 Å². The van der Waals surface area contributed by atoms with E-state index in [0.717, 1.165) is 5.69 Å². The number of aliphatic hydroxyl groups is 1. The summed E-state index contributed by atoms with van der Waals surface area (Å²) >= 11 is 0. The Kier molecular flexibility index (Phi) is 5.64. The number of hydrogen-bond acceptors (Lipinski definition) is 7. The summed E-state index contributed by atoms with van der Waals surface area (Å²) < 4.78 is 34.1. The van der Waals surface area contributed by atoms with Crippen molar-refractivity contribution >= 4 is 11.6 Å². The molecule has 2 N–H and O–H groups in total. The van der Waals surface area contributed by atoms with Crippen molar-refractivity contribution in [2.45, 2.75) is 50.7 Å². The van der Waals surface area contributed by atoms with E-state index in [4.69, 9.17) is 4.74 Å². The van der Waals surface area contributed by atoms with E-state index in [2.05, 4.69) is 20.4 Å². The van der Waals surface area contributed by atoms with Crippen molar-refractivity contribution < 1.29 is 18.6 Å². The molecule has 3 heterocycles. The molecule has 1 atom stereocenters. The second kappa shape index (κ2) is 8.19. The van der Waals surface area contributed by atoms with E-state index in [-0.39, 0.29) is 31.6 Å². The van der Waals surface area contributed by atoms with Gasteiger partial charge in [-0.1, -0.05) is 0 Å². The lowest BCUT2D eigenvalue weighted by atomic mass is 9.92. The molecule has 0 amide bonds. The van der Waals surface area contributed by atoms with Gasteiger partial charge in [-0.25, -0.2) is 13.5 Å². The highest BCUT2D eigenvalue weighted by atomic mass is 19.3. The highest BCUT2D eigenvalue weighted by Crippen LogP contribution is 2.34. The molecule has 2 aromatic rings. The van der Waals surface area contributed by atoms with Crippen molar-refractivity contribution in [3.05, 3.63) is 24.0 Å². The predicted octanol–water partition coefficient (Wildman–Crippen LogP) is 2.16. The minimum absolute atomic E-state index is 0.0561. The quantitative estimate of drug-likeness (QED) is 0.784. The molecule has 1 saturated heterocycles. The zero-order valence-electron chi connectivity index (χ0n) is 16.4. The number of aromatic nitrogens is 4. The zero-order valence-corrected chi connectivity index (χ0v) is 16.4. The highest BCUT2D eigenvalue weighted by molar-refractivity contribution is 5.52. The average Bonchev–Trinajstić information content (AvgIpc) is 3.16. The van der Waals surface area contributed by atoms with Crippen LogP contribution in [0.25, 0.3) is 5.95 Å². The maximum Gasteiger partial charge on any atom is 0.254 e. The van der Waals surface area contributed by atoms with E-state index in [1.165, 1.54) is 0 Å². The minimum Gasteiger partial charge on any atom is -0.394 e. The number of hydrogen-bond donors (Lipinski definition) is 2. The van der Waals surface area contributed by atoms with Crippen LogP contribution in [0.4, 0.5) is 20.4 Å². The fourth-order valence-corrected chi connectivity index (χ4v) is 3.72. The fraction of sp³-hybridized carbons (Fsp3) is 0.632. The van der Waals surface area contributed by atoms with Crippen molar-refractivity contribution in [3.8, 4) is 5.95 Å². The zero-order chi connectivity index (χ0) is 20.4. The predicted molar refractivity (Wildman–Crippen MR) is 104 cm³/mol. The Labute approximate surface area is 167 Å². The van der Waals surface area contributed by atoms with Crippen molar-refractivity contribution in [1.82, 2.24) is 19.7 Å². The van der Waals surface area contributed by atoms with Crippen LogP contribution in [0.5, 0.6) is 0 Å². The third kappa shape index (κ3) is 4.81. The summed E-state index contributed by atoms with van der Waals surface area (Å²) in [4.78, 5) is 11.2. The number of alkyl halides is 2. The highest BCUT2D eigenvalue weighted by Gasteiger charge is 2.35. The summed E-state index contributed by atoms with van der Waals surface area (Å²) in [5, 5.41) is 17.1. The van der Waals surface area contributed by atoms with Crippen LogP contribution < -0.4 is 10.2 Å². The molecule has 29 heavy (non-hydrogen) atoms. The molecule has 0 bridgehead atoms. The molecule has 1 aliphatic heterocycles. The van der Waals surface area contributed by atoms with Gasteiger partial charge in [0.2, 0.25) is 5.92 Å². The third-order valence-corrected chi connectivity index (χ3v) is 5.36. The van der Waals surface area contributed by atoms with E-state index in [1.54, 1.807) is 10.9 Å². The Hall–Kier alpha value is -2.33.